The molecule has 0 aliphatic heterocycles. The van der Waals surface area contributed by atoms with E-state index in [9.17, 15) is 0 Å². The molecule has 0 unspecified atom stereocenters. The Hall–Kier alpha value is -1.09. The third-order valence-electron chi connectivity index (χ3n) is 2.43. The third kappa shape index (κ3) is 2.12. The highest BCUT2D eigenvalue weighted by Crippen LogP contribution is 2.24. The Bertz CT molecular complexity index is 457. The van der Waals surface area contributed by atoms with Gasteiger partial charge in [0.25, 0.3) is 0 Å². The summed E-state index contributed by atoms with van der Waals surface area (Å²) in [5.74, 6) is 0. The zero-order chi connectivity index (χ0) is 10.8. The highest BCUT2D eigenvalue weighted by Gasteiger charge is 2.08. The Labute approximate surface area is 97.9 Å². The number of H-pyrrole nitrogens is 1. The normalized spacial score (nSPS) is 10.6. The molecular weight excluding hydrogens is 252 g/mol. The topological polar surface area (TPSA) is 28.7 Å². The lowest BCUT2D eigenvalue weighted by Gasteiger charge is -2.00. The van der Waals surface area contributed by atoms with Crippen molar-refractivity contribution >= 4 is 15.9 Å². The Morgan fingerprint density at radius 3 is 2.53 bits per heavy atom. The number of aromatic amines is 1. The first kappa shape index (κ1) is 10.4. The van der Waals surface area contributed by atoms with E-state index in [1.807, 2.05) is 0 Å². The van der Waals surface area contributed by atoms with Gasteiger partial charge in [0, 0.05) is 11.3 Å². The van der Waals surface area contributed by atoms with E-state index in [0.29, 0.717) is 0 Å². The number of nitrogens with zero attached hydrogens (tertiary/aromatic N) is 1. The highest BCUT2D eigenvalue weighted by molar-refractivity contribution is 9.10. The standard InChI is InChI=1S/C12H13BrN2/c1-3-10-11(15-12(13)14-10)9-6-4-8(2)5-7-9/h4-7H,3H2,1-2H3,(H,14,15). The van der Waals surface area contributed by atoms with Gasteiger partial charge in [0.2, 0.25) is 0 Å². The summed E-state index contributed by atoms with van der Waals surface area (Å²) in [7, 11) is 0. The van der Waals surface area contributed by atoms with Gasteiger partial charge in [-0.25, -0.2) is 4.98 Å². The fraction of sp³-hybridized carbons (Fsp3) is 0.250. The van der Waals surface area contributed by atoms with E-state index in [1.54, 1.807) is 0 Å². The molecule has 0 saturated heterocycles. The zero-order valence-corrected chi connectivity index (χ0v) is 10.4. The van der Waals surface area contributed by atoms with E-state index >= 15 is 0 Å². The van der Waals surface area contributed by atoms with E-state index in [1.165, 1.54) is 16.8 Å². The van der Waals surface area contributed by atoms with Crippen molar-refractivity contribution in [1.29, 1.82) is 0 Å². The van der Waals surface area contributed by atoms with E-state index in [4.69, 9.17) is 0 Å². The Balaban J connectivity index is 2.48. The van der Waals surface area contributed by atoms with E-state index in [0.717, 1.165) is 16.8 Å². The number of nitrogens with one attached hydrogen (secondary N) is 1. The van der Waals surface area contributed by atoms with Crippen molar-refractivity contribution in [2.75, 3.05) is 0 Å². The quantitative estimate of drug-likeness (QED) is 0.881. The molecule has 1 aromatic heterocycles. The largest absolute Gasteiger partial charge is 0.336 e. The smallest absolute Gasteiger partial charge is 0.175 e. The summed E-state index contributed by atoms with van der Waals surface area (Å²) >= 11 is 3.37. The minimum Gasteiger partial charge on any atom is -0.336 e. The molecule has 1 heterocycles. The van der Waals surface area contributed by atoms with Gasteiger partial charge >= 0.3 is 0 Å². The molecule has 0 spiro atoms. The van der Waals surface area contributed by atoms with E-state index in [2.05, 4.69) is 64.0 Å². The van der Waals surface area contributed by atoms with Crippen LogP contribution in [0.3, 0.4) is 0 Å². The number of hydrogen-bond acceptors (Lipinski definition) is 1. The summed E-state index contributed by atoms with van der Waals surface area (Å²) in [6, 6.07) is 8.43. The molecule has 2 rings (SSSR count). The van der Waals surface area contributed by atoms with Crippen molar-refractivity contribution in [3.05, 3.63) is 40.3 Å². The van der Waals surface area contributed by atoms with Crippen LogP contribution in [-0.2, 0) is 6.42 Å². The predicted octanol–water partition coefficient (Wildman–Crippen LogP) is 3.71. The molecule has 0 fully saturated rings. The number of imidazole rings is 1. The predicted molar refractivity (Wildman–Crippen MR) is 65.8 cm³/mol. The number of halogens is 1. The van der Waals surface area contributed by atoms with Crippen LogP contribution in [0.4, 0.5) is 0 Å². The second kappa shape index (κ2) is 4.19. The zero-order valence-electron chi connectivity index (χ0n) is 8.84. The lowest BCUT2D eigenvalue weighted by Crippen LogP contribution is -1.85. The third-order valence-corrected chi connectivity index (χ3v) is 2.80. The van der Waals surface area contributed by atoms with Crippen LogP contribution < -0.4 is 0 Å². The molecule has 0 atom stereocenters. The van der Waals surface area contributed by atoms with Crippen molar-refractivity contribution in [3.63, 3.8) is 0 Å². The number of rotatable bonds is 2. The van der Waals surface area contributed by atoms with E-state index < -0.39 is 0 Å². The Kier molecular flexibility index (Phi) is 2.91. The number of aromatic nitrogens is 2. The maximum absolute atomic E-state index is 4.44. The first-order valence-electron chi connectivity index (χ1n) is 5.02. The molecule has 0 aliphatic rings. The second-order valence-electron chi connectivity index (χ2n) is 3.57. The van der Waals surface area contributed by atoms with Gasteiger partial charge < -0.3 is 4.98 Å². The number of hydrogen-bond donors (Lipinski definition) is 1. The molecule has 2 aromatic rings. The minimum absolute atomic E-state index is 0.801. The molecule has 3 heteroatoms. The lowest BCUT2D eigenvalue weighted by atomic mass is 10.1. The molecular formula is C12H13BrN2. The minimum atomic E-state index is 0.801. The van der Waals surface area contributed by atoms with E-state index in [-0.39, 0.29) is 0 Å². The van der Waals surface area contributed by atoms with Gasteiger partial charge in [-0.2, -0.15) is 0 Å². The van der Waals surface area contributed by atoms with Crippen LogP contribution in [0, 0.1) is 6.92 Å². The van der Waals surface area contributed by atoms with Crippen molar-refractivity contribution in [3.8, 4) is 11.3 Å². The fourth-order valence-electron chi connectivity index (χ4n) is 1.58. The Morgan fingerprint density at radius 1 is 1.27 bits per heavy atom. The van der Waals surface area contributed by atoms with Crippen molar-refractivity contribution < 1.29 is 0 Å². The molecule has 0 aliphatic carbocycles. The molecule has 2 nitrogen and oxygen atoms in total. The van der Waals surface area contributed by atoms with Gasteiger partial charge in [0.05, 0.1) is 5.69 Å². The van der Waals surface area contributed by atoms with Gasteiger partial charge in [0.1, 0.15) is 0 Å². The maximum Gasteiger partial charge on any atom is 0.175 e. The summed E-state index contributed by atoms with van der Waals surface area (Å²) in [6.07, 6.45) is 0.960. The van der Waals surface area contributed by atoms with Gasteiger partial charge in [0.15, 0.2) is 4.73 Å². The molecule has 78 valence electrons. The summed E-state index contributed by atoms with van der Waals surface area (Å²) < 4.78 is 0.801. The van der Waals surface area contributed by atoms with Crippen molar-refractivity contribution in [1.82, 2.24) is 9.97 Å². The first-order chi connectivity index (χ1) is 7.20. The molecule has 0 radical (unpaired) electrons. The summed E-state index contributed by atoms with van der Waals surface area (Å²) in [4.78, 5) is 7.66. The summed E-state index contributed by atoms with van der Waals surface area (Å²) in [5, 5.41) is 0. The average molecular weight is 265 g/mol. The van der Waals surface area contributed by atoms with Crippen LogP contribution in [0.2, 0.25) is 0 Å². The van der Waals surface area contributed by atoms with Crippen LogP contribution in [0.5, 0.6) is 0 Å². The second-order valence-corrected chi connectivity index (χ2v) is 4.33. The molecule has 1 N–H and O–H groups in total. The van der Waals surface area contributed by atoms with Crippen LogP contribution in [0.1, 0.15) is 18.2 Å². The first-order valence-corrected chi connectivity index (χ1v) is 5.81. The maximum atomic E-state index is 4.44. The van der Waals surface area contributed by atoms with Gasteiger partial charge in [-0.15, -0.1) is 0 Å². The molecule has 15 heavy (non-hydrogen) atoms. The van der Waals surface area contributed by atoms with Gasteiger partial charge in [-0.1, -0.05) is 36.8 Å². The van der Waals surface area contributed by atoms with Crippen molar-refractivity contribution in [2.45, 2.75) is 20.3 Å². The Morgan fingerprint density at radius 2 is 1.93 bits per heavy atom. The monoisotopic (exact) mass is 264 g/mol. The highest BCUT2D eigenvalue weighted by atomic mass is 79.9. The average Bonchev–Trinajstić information content (AvgIpc) is 2.61. The van der Waals surface area contributed by atoms with Crippen LogP contribution in [-0.4, -0.2) is 9.97 Å². The number of benzene rings is 1. The summed E-state index contributed by atoms with van der Waals surface area (Å²) in [5.41, 5.74) is 4.65. The lowest BCUT2D eigenvalue weighted by molar-refractivity contribution is 1.06. The van der Waals surface area contributed by atoms with Crippen LogP contribution in [0.25, 0.3) is 11.3 Å². The molecule has 0 saturated carbocycles. The van der Waals surface area contributed by atoms with Crippen molar-refractivity contribution in [2.24, 2.45) is 0 Å². The van der Waals surface area contributed by atoms with Crippen LogP contribution in [0.15, 0.2) is 29.0 Å². The van der Waals surface area contributed by atoms with Gasteiger partial charge in [-0.05, 0) is 29.3 Å². The van der Waals surface area contributed by atoms with Crippen LogP contribution >= 0.6 is 15.9 Å². The summed E-state index contributed by atoms with van der Waals surface area (Å²) in [6.45, 7) is 4.21. The fourth-order valence-corrected chi connectivity index (χ4v) is 2.00. The number of aryl methyl sites for hydroxylation is 2. The molecule has 0 bridgehead atoms. The SMILES string of the molecule is CCc1[nH]c(Br)nc1-c1ccc(C)cc1. The molecule has 0 amide bonds. The molecule has 1 aromatic carbocycles. The van der Waals surface area contributed by atoms with Gasteiger partial charge in [-0.3, -0.25) is 0 Å².